The van der Waals surface area contributed by atoms with Crippen LogP contribution in [0.3, 0.4) is 0 Å². The van der Waals surface area contributed by atoms with Crippen LogP contribution in [0.2, 0.25) is 0 Å². The average molecular weight is 422 g/mol. The van der Waals surface area contributed by atoms with Gasteiger partial charge in [0.05, 0.1) is 22.5 Å². The highest BCUT2D eigenvalue weighted by Gasteiger charge is 2.21. The Balaban J connectivity index is 1.83. The van der Waals surface area contributed by atoms with Crippen molar-refractivity contribution in [2.75, 3.05) is 36.4 Å². The molecule has 3 N–H and O–H groups in total. The highest BCUT2D eigenvalue weighted by molar-refractivity contribution is 5.94. The van der Waals surface area contributed by atoms with E-state index in [0.717, 1.165) is 37.3 Å². The summed E-state index contributed by atoms with van der Waals surface area (Å²) in [5.41, 5.74) is 3.12. The number of aryl methyl sites for hydroxylation is 1. The smallest absolute Gasteiger partial charge is 0.337 e. The monoisotopic (exact) mass is 421 g/mol. The minimum absolute atomic E-state index is 0.0818. The molecule has 2 aromatic carbocycles. The van der Waals surface area contributed by atoms with Crippen LogP contribution in [0.1, 0.15) is 34.5 Å². The first-order chi connectivity index (χ1) is 14.9. The van der Waals surface area contributed by atoms with Crippen LogP contribution in [0.5, 0.6) is 0 Å². The summed E-state index contributed by atoms with van der Waals surface area (Å²) in [4.78, 5) is 31.9. The highest BCUT2D eigenvalue weighted by Crippen LogP contribution is 2.28. The number of hydrogen-bond donors (Lipinski definition) is 3. The fourth-order valence-electron chi connectivity index (χ4n) is 4.13. The van der Waals surface area contributed by atoms with Gasteiger partial charge in [-0.1, -0.05) is 18.2 Å². The van der Waals surface area contributed by atoms with E-state index in [1.165, 1.54) is 0 Å². The molecular weight excluding hydrogens is 394 g/mol. The first-order valence-electron chi connectivity index (χ1n) is 10.4. The Labute approximate surface area is 180 Å². The third kappa shape index (κ3) is 3.98. The van der Waals surface area contributed by atoms with E-state index in [2.05, 4.69) is 15.5 Å². The number of carbonyl (C=O) groups is 1. The molecule has 31 heavy (non-hydrogen) atoms. The lowest BCUT2D eigenvalue weighted by atomic mass is 10.0. The van der Waals surface area contributed by atoms with Crippen molar-refractivity contribution in [2.24, 2.45) is 7.05 Å². The Morgan fingerprint density at radius 2 is 1.94 bits per heavy atom. The van der Waals surface area contributed by atoms with E-state index in [1.54, 1.807) is 35.9 Å². The highest BCUT2D eigenvalue weighted by atomic mass is 16.4. The summed E-state index contributed by atoms with van der Waals surface area (Å²) in [5, 5.41) is 16.7. The molecule has 8 heteroatoms. The van der Waals surface area contributed by atoms with Crippen molar-refractivity contribution in [2.45, 2.75) is 19.9 Å². The molecule has 1 unspecified atom stereocenters. The number of fused-ring (bicyclic) bond motifs is 1. The van der Waals surface area contributed by atoms with Crippen molar-refractivity contribution in [3.63, 3.8) is 0 Å². The number of nitrogens with one attached hydrogen (secondary N) is 2. The zero-order chi connectivity index (χ0) is 22.1. The molecular formula is C23H27N5O3. The fraction of sp³-hybridized carbons (Fsp3) is 0.348. The van der Waals surface area contributed by atoms with E-state index in [1.807, 2.05) is 26.0 Å². The number of rotatable bonds is 5. The summed E-state index contributed by atoms with van der Waals surface area (Å²) < 4.78 is 1.62. The van der Waals surface area contributed by atoms with Gasteiger partial charge in [0.2, 0.25) is 5.95 Å². The zero-order valence-electron chi connectivity index (χ0n) is 18.0. The fourth-order valence-corrected chi connectivity index (χ4v) is 4.13. The van der Waals surface area contributed by atoms with Crippen molar-refractivity contribution >= 4 is 28.5 Å². The summed E-state index contributed by atoms with van der Waals surface area (Å²) in [6.07, 6.45) is 0. The Kier molecular flexibility index (Phi) is 5.65. The number of aromatic nitrogens is 2. The summed E-state index contributed by atoms with van der Waals surface area (Å²) >= 11 is 0. The first kappa shape index (κ1) is 20.9. The minimum atomic E-state index is -0.989. The van der Waals surface area contributed by atoms with Crippen LogP contribution < -0.4 is 21.1 Å². The van der Waals surface area contributed by atoms with Gasteiger partial charge in [-0.3, -0.25) is 9.36 Å². The molecule has 162 valence electrons. The topological polar surface area (TPSA) is 99.5 Å². The van der Waals surface area contributed by atoms with Gasteiger partial charge in [-0.2, -0.15) is 0 Å². The SMILES string of the molecule is Cc1cc(C(C)Nc2ccccc2C(=O)O)c2nc(N3CCNCC3)n(C)c(=O)c2c1. The number of anilines is 2. The maximum atomic E-state index is 13.2. The molecule has 4 rings (SSSR count). The average Bonchev–Trinajstić information content (AvgIpc) is 2.77. The molecule has 0 saturated carbocycles. The lowest BCUT2D eigenvalue weighted by Gasteiger charge is -2.30. The minimum Gasteiger partial charge on any atom is -0.478 e. The van der Waals surface area contributed by atoms with Crippen molar-refractivity contribution < 1.29 is 9.90 Å². The Morgan fingerprint density at radius 3 is 2.65 bits per heavy atom. The Hall–Kier alpha value is -3.39. The van der Waals surface area contributed by atoms with Gasteiger partial charge in [-0.05, 0) is 37.6 Å². The number of piperazine rings is 1. The lowest BCUT2D eigenvalue weighted by molar-refractivity contribution is 0.0698. The number of carboxylic acid groups (broad SMARTS) is 1. The maximum Gasteiger partial charge on any atom is 0.337 e. The van der Waals surface area contributed by atoms with Gasteiger partial charge < -0.3 is 20.6 Å². The first-order valence-corrected chi connectivity index (χ1v) is 10.4. The molecule has 1 aliphatic heterocycles. The summed E-state index contributed by atoms with van der Waals surface area (Å²) in [6.45, 7) is 7.16. The predicted octanol–water partition coefficient (Wildman–Crippen LogP) is 2.52. The number of aromatic carboxylic acids is 1. The normalized spacial score (nSPS) is 15.1. The molecule has 1 atom stereocenters. The van der Waals surface area contributed by atoms with E-state index in [-0.39, 0.29) is 17.2 Å². The van der Waals surface area contributed by atoms with Crippen LogP contribution in [-0.4, -0.2) is 46.8 Å². The van der Waals surface area contributed by atoms with E-state index >= 15 is 0 Å². The van der Waals surface area contributed by atoms with Crippen molar-refractivity contribution in [3.05, 3.63) is 63.4 Å². The largest absolute Gasteiger partial charge is 0.478 e. The lowest BCUT2D eigenvalue weighted by Crippen LogP contribution is -2.45. The van der Waals surface area contributed by atoms with Crippen LogP contribution in [0, 0.1) is 6.92 Å². The van der Waals surface area contributed by atoms with Crippen LogP contribution in [0.25, 0.3) is 10.9 Å². The number of carboxylic acids is 1. The quantitative estimate of drug-likeness (QED) is 0.582. The van der Waals surface area contributed by atoms with E-state index in [0.29, 0.717) is 22.5 Å². The maximum absolute atomic E-state index is 13.2. The molecule has 0 aliphatic carbocycles. The van der Waals surface area contributed by atoms with Crippen molar-refractivity contribution in [1.82, 2.24) is 14.9 Å². The van der Waals surface area contributed by atoms with Gasteiger partial charge in [0, 0.05) is 44.5 Å². The third-order valence-electron chi connectivity index (χ3n) is 5.73. The standard InChI is InChI=1S/C23H27N5O3/c1-14-12-17(15(2)25-19-7-5-4-6-16(19)22(30)31)20-18(13-14)21(29)27(3)23(26-20)28-10-8-24-9-11-28/h4-7,12-13,15,24-25H,8-11H2,1-3H3,(H,30,31). The summed E-state index contributed by atoms with van der Waals surface area (Å²) in [5.74, 6) is -0.334. The van der Waals surface area contributed by atoms with Gasteiger partial charge in [-0.15, -0.1) is 0 Å². The number of benzene rings is 2. The zero-order valence-corrected chi connectivity index (χ0v) is 18.0. The van der Waals surface area contributed by atoms with Gasteiger partial charge in [0.1, 0.15) is 0 Å². The van der Waals surface area contributed by atoms with Gasteiger partial charge in [0.15, 0.2) is 0 Å². The van der Waals surface area contributed by atoms with Crippen LogP contribution in [0.15, 0.2) is 41.2 Å². The van der Waals surface area contributed by atoms with E-state index < -0.39 is 5.97 Å². The number of hydrogen-bond acceptors (Lipinski definition) is 6. The van der Waals surface area contributed by atoms with Crippen molar-refractivity contribution in [1.29, 1.82) is 0 Å². The molecule has 2 heterocycles. The molecule has 0 bridgehead atoms. The van der Waals surface area contributed by atoms with Gasteiger partial charge in [0.25, 0.3) is 5.56 Å². The Morgan fingerprint density at radius 1 is 1.23 bits per heavy atom. The summed E-state index contributed by atoms with van der Waals surface area (Å²) in [7, 11) is 1.76. The number of nitrogens with zero attached hydrogens (tertiary/aromatic N) is 3. The van der Waals surface area contributed by atoms with Gasteiger partial charge >= 0.3 is 5.97 Å². The van der Waals surface area contributed by atoms with E-state index in [9.17, 15) is 14.7 Å². The molecule has 1 aromatic heterocycles. The van der Waals surface area contributed by atoms with Crippen molar-refractivity contribution in [3.8, 4) is 0 Å². The number of para-hydroxylation sites is 1. The molecule has 1 saturated heterocycles. The van der Waals surface area contributed by atoms with Gasteiger partial charge in [-0.25, -0.2) is 9.78 Å². The summed E-state index contributed by atoms with van der Waals surface area (Å²) in [6, 6.07) is 10.4. The second-order valence-electron chi connectivity index (χ2n) is 7.98. The van der Waals surface area contributed by atoms with Crippen LogP contribution in [0.4, 0.5) is 11.6 Å². The van der Waals surface area contributed by atoms with Crippen LogP contribution >= 0.6 is 0 Å². The third-order valence-corrected chi connectivity index (χ3v) is 5.73. The molecule has 0 spiro atoms. The van der Waals surface area contributed by atoms with E-state index in [4.69, 9.17) is 4.98 Å². The van der Waals surface area contributed by atoms with Crippen LogP contribution in [-0.2, 0) is 7.05 Å². The molecule has 0 radical (unpaired) electrons. The Bertz CT molecular complexity index is 1200. The molecule has 1 aliphatic rings. The predicted molar refractivity (Wildman–Crippen MR) is 122 cm³/mol. The molecule has 1 fully saturated rings. The molecule has 8 nitrogen and oxygen atoms in total. The molecule has 0 amide bonds. The molecule has 3 aromatic rings. The second kappa shape index (κ2) is 8.39. The second-order valence-corrected chi connectivity index (χ2v) is 7.98.